The number of rotatable bonds is 6. The van der Waals surface area contributed by atoms with Gasteiger partial charge in [0.25, 0.3) is 5.91 Å². The summed E-state index contributed by atoms with van der Waals surface area (Å²) in [6.45, 7) is 1.87. The number of hydrogen-bond acceptors (Lipinski definition) is 9. The Morgan fingerprint density at radius 1 is 1.17 bits per heavy atom. The number of hydrogen-bond donors (Lipinski definition) is 1. The molecular formula is C18H16N6O3S2. The normalized spacial score (nSPS) is 10.7. The van der Waals surface area contributed by atoms with E-state index < -0.39 is 0 Å². The lowest BCUT2D eigenvalue weighted by molar-refractivity contribution is 0.103. The van der Waals surface area contributed by atoms with Crippen LogP contribution in [0, 0.1) is 6.92 Å². The van der Waals surface area contributed by atoms with Crippen LogP contribution in [-0.4, -0.2) is 44.5 Å². The zero-order chi connectivity index (χ0) is 20.4. The highest BCUT2D eigenvalue weighted by Gasteiger charge is 2.19. The number of nitrogens with zero attached hydrogens (tertiary/aromatic N) is 5. The molecule has 0 atom stereocenters. The second kappa shape index (κ2) is 7.97. The molecule has 0 fully saturated rings. The first-order valence-electron chi connectivity index (χ1n) is 8.43. The van der Waals surface area contributed by atoms with Crippen LogP contribution in [0.2, 0.25) is 0 Å². The maximum absolute atomic E-state index is 12.2. The Hall–Kier alpha value is -3.31. The third kappa shape index (κ3) is 3.82. The maximum atomic E-state index is 12.2. The second-order valence-electron chi connectivity index (χ2n) is 5.86. The number of benzene rings is 1. The number of ether oxygens (including phenoxy) is 2. The number of nitrogens with one attached hydrogen (secondary N) is 1. The van der Waals surface area contributed by atoms with Gasteiger partial charge >= 0.3 is 0 Å². The highest BCUT2D eigenvalue weighted by molar-refractivity contribution is 7.12. The number of carbonyl (C=O) groups is 1. The minimum absolute atomic E-state index is 0.216. The molecule has 1 amide bonds. The van der Waals surface area contributed by atoms with Gasteiger partial charge in [-0.05, 0) is 18.4 Å². The molecule has 0 aliphatic carbocycles. The van der Waals surface area contributed by atoms with Crippen LogP contribution in [-0.2, 0) is 0 Å². The molecular weight excluding hydrogens is 412 g/mol. The average Bonchev–Trinajstić information content (AvgIpc) is 3.48. The van der Waals surface area contributed by atoms with E-state index in [-0.39, 0.29) is 5.91 Å². The fourth-order valence-electron chi connectivity index (χ4n) is 2.63. The third-order valence-corrected chi connectivity index (χ3v) is 5.58. The van der Waals surface area contributed by atoms with Crippen molar-refractivity contribution in [2.24, 2.45) is 0 Å². The van der Waals surface area contributed by atoms with E-state index in [9.17, 15) is 4.79 Å². The van der Waals surface area contributed by atoms with Gasteiger partial charge in [0.05, 0.1) is 30.5 Å². The van der Waals surface area contributed by atoms with Crippen LogP contribution in [0.25, 0.3) is 17.2 Å². The molecule has 0 saturated heterocycles. The Bertz CT molecular complexity index is 1130. The van der Waals surface area contributed by atoms with E-state index in [0.717, 1.165) is 22.9 Å². The monoisotopic (exact) mass is 428 g/mol. The molecule has 0 aliphatic heterocycles. The van der Waals surface area contributed by atoms with Crippen molar-refractivity contribution in [1.29, 1.82) is 0 Å². The predicted molar refractivity (Wildman–Crippen MR) is 110 cm³/mol. The van der Waals surface area contributed by atoms with Crippen molar-refractivity contribution >= 4 is 33.9 Å². The molecule has 3 heterocycles. The van der Waals surface area contributed by atoms with E-state index >= 15 is 0 Å². The lowest BCUT2D eigenvalue weighted by Crippen LogP contribution is -2.09. The number of amides is 1. The molecule has 148 valence electrons. The Kier molecular flexibility index (Phi) is 5.23. The summed E-state index contributed by atoms with van der Waals surface area (Å²) in [5.41, 5.74) is 2.01. The largest absolute Gasteiger partial charge is 0.497 e. The molecule has 0 aliphatic rings. The van der Waals surface area contributed by atoms with E-state index in [0.29, 0.717) is 33.0 Å². The Labute approximate surface area is 174 Å². The van der Waals surface area contributed by atoms with Gasteiger partial charge in [0.2, 0.25) is 5.13 Å². The topological polar surface area (TPSA) is 104 Å². The molecule has 3 aromatic heterocycles. The Morgan fingerprint density at radius 2 is 1.93 bits per heavy atom. The van der Waals surface area contributed by atoms with Gasteiger partial charge in [-0.15, -0.1) is 16.4 Å². The van der Waals surface area contributed by atoms with Crippen LogP contribution in [0.1, 0.15) is 15.4 Å². The van der Waals surface area contributed by atoms with Gasteiger partial charge in [0, 0.05) is 29.7 Å². The van der Waals surface area contributed by atoms with Crippen molar-refractivity contribution in [1.82, 2.24) is 24.4 Å². The summed E-state index contributed by atoms with van der Waals surface area (Å²) in [5.74, 6) is 1.46. The van der Waals surface area contributed by atoms with Crippen LogP contribution >= 0.6 is 22.9 Å². The van der Waals surface area contributed by atoms with Gasteiger partial charge in [-0.25, -0.2) is 4.68 Å². The van der Waals surface area contributed by atoms with Crippen molar-refractivity contribution in [3.63, 3.8) is 0 Å². The number of anilines is 1. The fraction of sp³-hybridized carbons (Fsp3) is 0.167. The summed E-state index contributed by atoms with van der Waals surface area (Å²) in [6.07, 6.45) is 0. The van der Waals surface area contributed by atoms with Crippen LogP contribution in [0.3, 0.4) is 0 Å². The number of carbonyl (C=O) groups excluding carboxylic acids is 1. The summed E-state index contributed by atoms with van der Waals surface area (Å²) < 4.78 is 16.6. The summed E-state index contributed by atoms with van der Waals surface area (Å²) >= 11 is 2.45. The number of thiophene rings is 1. The molecule has 0 spiro atoms. The van der Waals surface area contributed by atoms with Crippen molar-refractivity contribution in [3.8, 4) is 28.7 Å². The lowest BCUT2D eigenvalue weighted by Gasteiger charge is -2.09. The fourth-order valence-corrected chi connectivity index (χ4v) is 3.82. The molecule has 1 aromatic carbocycles. The van der Waals surface area contributed by atoms with Crippen LogP contribution in [0.15, 0.2) is 35.7 Å². The van der Waals surface area contributed by atoms with Gasteiger partial charge in [-0.3, -0.25) is 10.1 Å². The maximum Gasteiger partial charge on any atom is 0.267 e. The highest BCUT2D eigenvalue weighted by Crippen LogP contribution is 2.28. The summed E-state index contributed by atoms with van der Waals surface area (Å²) in [4.78, 5) is 17.2. The first-order valence-corrected chi connectivity index (χ1v) is 10.1. The quantitative estimate of drug-likeness (QED) is 0.502. The number of methoxy groups -OCH3 is 2. The molecule has 0 radical (unpaired) electrons. The van der Waals surface area contributed by atoms with Crippen LogP contribution < -0.4 is 14.8 Å². The Balaban J connectivity index is 1.61. The standard InChI is InChI=1S/C18H16N6O3S2/c1-10-15(16-19-18(29-22-16)20-17(25)14-5-4-6-28-14)21-23-24(10)11-7-12(26-2)9-13(8-11)27-3/h4-9H,1-3H3,(H,19,20,22,25). The predicted octanol–water partition coefficient (Wildman–Crippen LogP) is 3.43. The zero-order valence-electron chi connectivity index (χ0n) is 15.7. The molecule has 9 nitrogen and oxygen atoms in total. The van der Waals surface area contributed by atoms with E-state index in [2.05, 4.69) is 25.0 Å². The lowest BCUT2D eigenvalue weighted by atomic mass is 10.2. The summed E-state index contributed by atoms with van der Waals surface area (Å²) in [5, 5.41) is 13.4. The van der Waals surface area contributed by atoms with Crippen LogP contribution in [0.5, 0.6) is 11.5 Å². The number of aromatic nitrogens is 5. The van der Waals surface area contributed by atoms with E-state index in [1.54, 1.807) is 31.0 Å². The summed E-state index contributed by atoms with van der Waals surface area (Å²) in [6, 6.07) is 9.01. The molecule has 11 heteroatoms. The molecule has 29 heavy (non-hydrogen) atoms. The van der Waals surface area contributed by atoms with Gasteiger partial charge in [0.1, 0.15) is 11.5 Å². The zero-order valence-corrected chi connectivity index (χ0v) is 17.4. The van der Waals surface area contributed by atoms with Gasteiger partial charge < -0.3 is 9.47 Å². The van der Waals surface area contributed by atoms with Crippen LogP contribution in [0.4, 0.5) is 5.13 Å². The molecule has 0 bridgehead atoms. The molecule has 0 saturated carbocycles. The van der Waals surface area contributed by atoms with Crippen molar-refractivity contribution < 1.29 is 14.3 Å². The average molecular weight is 428 g/mol. The molecule has 4 rings (SSSR count). The minimum atomic E-state index is -0.216. The van der Waals surface area contributed by atoms with E-state index in [1.165, 1.54) is 11.3 Å². The van der Waals surface area contributed by atoms with Crippen molar-refractivity contribution in [2.75, 3.05) is 19.5 Å². The van der Waals surface area contributed by atoms with Gasteiger partial charge in [-0.1, -0.05) is 11.3 Å². The molecule has 4 aromatic rings. The SMILES string of the molecule is COc1cc(OC)cc(-n2nnc(-c3nsc(NC(=O)c4cccs4)n3)c2C)c1. The molecule has 1 N–H and O–H groups in total. The first kappa shape index (κ1) is 19.0. The van der Waals surface area contributed by atoms with E-state index in [1.807, 2.05) is 30.5 Å². The minimum Gasteiger partial charge on any atom is -0.497 e. The Morgan fingerprint density at radius 3 is 2.59 bits per heavy atom. The van der Waals surface area contributed by atoms with Gasteiger partial charge in [0.15, 0.2) is 11.5 Å². The van der Waals surface area contributed by atoms with Gasteiger partial charge in [-0.2, -0.15) is 9.36 Å². The molecule has 0 unspecified atom stereocenters. The van der Waals surface area contributed by atoms with E-state index in [4.69, 9.17) is 9.47 Å². The first-order chi connectivity index (χ1) is 14.1. The second-order valence-corrected chi connectivity index (χ2v) is 7.56. The van der Waals surface area contributed by atoms with Crippen molar-refractivity contribution in [3.05, 3.63) is 46.3 Å². The smallest absolute Gasteiger partial charge is 0.267 e. The highest BCUT2D eigenvalue weighted by atomic mass is 32.1. The third-order valence-electron chi connectivity index (χ3n) is 4.08. The summed E-state index contributed by atoms with van der Waals surface area (Å²) in [7, 11) is 3.17. The van der Waals surface area contributed by atoms with Crippen molar-refractivity contribution in [2.45, 2.75) is 6.92 Å².